The van der Waals surface area contributed by atoms with Crippen LogP contribution in [0.15, 0.2) is 49.3 Å². The number of carbonyl (C=O) groups is 2. The molecule has 1 saturated carbocycles. The number of hydrogen-bond acceptors (Lipinski definition) is 7. The second kappa shape index (κ2) is 11.5. The summed E-state index contributed by atoms with van der Waals surface area (Å²) >= 11 is 12.8. The van der Waals surface area contributed by atoms with E-state index in [0.29, 0.717) is 0 Å². The number of anilines is 5. The van der Waals surface area contributed by atoms with Crippen LogP contribution in [0.1, 0.15) is 12.8 Å². The number of hydrogen-bond donors (Lipinski definition) is 3. The zero-order chi connectivity index (χ0) is 27.4. The highest BCUT2D eigenvalue weighted by atomic mass is 35.5. The highest BCUT2D eigenvalue weighted by Gasteiger charge is 2.36. The number of nitrogens with zero attached hydrogens (tertiary/aromatic N) is 3. The van der Waals surface area contributed by atoms with Gasteiger partial charge in [-0.15, -0.1) is 0 Å². The lowest BCUT2D eigenvalue weighted by atomic mass is 10.2. The van der Waals surface area contributed by atoms with Crippen molar-refractivity contribution in [3.8, 4) is 11.5 Å². The van der Waals surface area contributed by atoms with Crippen molar-refractivity contribution < 1.29 is 23.5 Å². The lowest BCUT2D eigenvalue weighted by Crippen LogP contribution is -2.37. The summed E-state index contributed by atoms with van der Waals surface area (Å²) in [4.78, 5) is 35.1. The van der Waals surface area contributed by atoms with Gasteiger partial charge >= 0.3 is 6.03 Å². The Kier molecular flexibility index (Phi) is 8.18. The minimum Gasteiger partial charge on any atom is -0.495 e. The maximum atomic E-state index is 14.7. The Hall–Kier alpha value is -4.09. The van der Waals surface area contributed by atoms with Crippen LogP contribution in [0.4, 0.5) is 37.9 Å². The summed E-state index contributed by atoms with van der Waals surface area (Å²) in [5.41, 5.74) is 0.279. The van der Waals surface area contributed by atoms with Gasteiger partial charge in [0.1, 0.15) is 45.3 Å². The van der Waals surface area contributed by atoms with E-state index >= 15 is 0 Å². The van der Waals surface area contributed by atoms with Crippen molar-refractivity contribution in [1.82, 2.24) is 9.97 Å². The largest absolute Gasteiger partial charge is 0.495 e. The number of nitrogens with one attached hydrogen (secondary N) is 3. The quantitative estimate of drug-likeness (QED) is 0.274. The second-order valence-corrected chi connectivity index (χ2v) is 8.81. The summed E-state index contributed by atoms with van der Waals surface area (Å²) in [6.07, 6.45) is 3.79. The van der Waals surface area contributed by atoms with Gasteiger partial charge in [-0.05, 0) is 31.1 Å². The van der Waals surface area contributed by atoms with Gasteiger partial charge in [0.15, 0.2) is 0 Å². The Morgan fingerprint density at radius 2 is 1.76 bits per heavy atom. The van der Waals surface area contributed by atoms with Crippen molar-refractivity contribution in [3.05, 3.63) is 65.2 Å². The third-order valence-electron chi connectivity index (χ3n) is 5.55. The SMILES string of the molecule is C=CC(=O)Nc1cccc(F)c1Nc1cc(N(C(=O)Nc2c(Cl)c(OC)cc(OC)c2Cl)C2CC2)ncn1. The number of rotatable bonds is 9. The van der Waals surface area contributed by atoms with Crippen LogP contribution < -0.4 is 30.3 Å². The van der Waals surface area contributed by atoms with Crippen molar-refractivity contribution in [2.45, 2.75) is 18.9 Å². The predicted molar refractivity (Wildman–Crippen MR) is 145 cm³/mol. The van der Waals surface area contributed by atoms with Crippen LogP contribution in [0.3, 0.4) is 0 Å². The second-order valence-electron chi connectivity index (χ2n) is 8.06. The lowest BCUT2D eigenvalue weighted by molar-refractivity contribution is -0.111. The maximum Gasteiger partial charge on any atom is 0.327 e. The number of carbonyl (C=O) groups excluding carboxylic acids is 2. The van der Waals surface area contributed by atoms with Crippen molar-refractivity contribution in [3.63, 3.8) is 0 Å². The summed E-state index contributed by atoms with van der Waals surface area (Å²) in [6.45, 7) is 3.40. The van der Waals surface area contributed by atoms with Gasteiger partial charge in [-0.2, -0.15) is 0 Å². The van der Waals surface area contributed by atoms with Crippen molar-refractivity contribution in [2.75, 3.05) is 35.1 Å². The molecule has 198 valence electrons. The Labute approximate surface area is 227 Å². The third-order valence-corrected chi connectivity index (χ3v) is 6.30. The van der Waals surface area contributed by atoms with Gasteiger partial charge in [0, 0.05) is 18.2 Å². The van der Waals surface area contributed by atoms with Crippen molar-refractivity contribution >= 4 is 63.8 Å². The van der Waals surface area contributed by atoms with Gasteiger partial charge in [0.25, 0.3) is 0 Å². The normalized spacial score (nSPS) is 12.3. The van der Waals surface area contributed by atoms with E-state index < -0.39 is 17.8 Å². The molecule has 0 bridgehead atoms. The molecule has 3 aromatic rings. The first-order valence-corrected chi connectivity index (χ1v) is 12.0. The van der Waals surface area contributed by atoms with E-state index in [0.717, 1.165) is 18.9 Å². The molecule has 0 atom stereocenters. The number of benzene rings is 2. The molecule has 1 fully saturated rings. The summed E-state index contributed by atoms with van der Waals surface area (Å²) in [7, 11) is 2.85. The van der Waals surface area contributed by atoms with Crippen LogP contribution in [-0.2, 0) is 4.79 Å². The fourth-order valence-corrected chi connectivity index (χ4v) is 4.16. The fraction of sp³-hybridized carbons (Fsp3) is 0.200. The van der Waals surface area contributed by atoms with Gasteiger partial charge in [-0.1, -0.05) is 35.8 Å². The van der Waals surface area contributed by atoms with Gasteiger partial charge < -0.3 is 25.4 Å². The molecule has 38 heavy (non-hydrogen) atoms. The standard InChI is InChI=1S/C25H23Cl2FN6O4/c1-4-20(35)31-15-7-5-6-14(28)23(15)32-18-11-19(30-12-29-18)34(13-8-9-13)25(36)33-24-21(26)16(37-2)10-17(38-3)22(24)27/h4-7,10-13H,1,8-9H2,2-3H3,(H,31,35)(H,33,36)(H,29,30,32). The van der Waals surface area contributed by atoms with Crippen LogP contribution in [0.25, 0.3) is 0 Å². The molecule has 1 aromatic heterocycles. The Bertz CT molecular complexity index is 1370. The third kappa shape index (κ3) is 5.74. The molecule has 13 heteroatoms. The molecule has 1 aliphatic carbocycles. The zero-order valence-corrected chi connectivity index (χ0v) is 21.9. The molecule has 0 radical (unpaired) electrons. The smallest absolute Gasteiger partial charge is 0.327 e. The molecular weight excluding hydrogens is 538 g/mol. The Morgan fingerprint density at radius 1 is 1.08 bits per heavy atom. The van der Waals surface area contributed by atoms with Crippen LogP contribution in [-0.4, -0.2) is 42.2 Å². The monoisotopic (exact) mass is 560 g/mol. The number of amides is 3. The molecule has 3 amide bonds. The predicted octanol–water partition coefficient (Wildman–Crippen LogP) is 6.01. The zero-order valence-electron chi connectivity index (χ0n) is 20.3. The van der Waals surface area contributed by atoms with Gasteiger partial charge in [0.05, 0.1) is 31.3 Å². The molecule has 10 nitrogen and oxygen atoms in total. The number of urea groups is 1. The van der Waals surface area contributed by atoms with Gasteiger partial charge in [-0.25, -0.2) is 19.2 Å². The van der Waals surface area contributed by atoms with E-state index in [1.165, 1.54) is 55.8 Å². The number of halogens is 3. The van der Waals surface area contributed by atoms with E-state index in [1.54, 1.807) is 0 Å². The van der Waals surface area contributed by atoms with Crippen LogP contribution in [0, 0.1) is 5.82 Å². The van der Waals surface area contributed by atoms with Crippen LogP contribution >= 0.6 is 23.2 Å². The molecule has 3 N–H and O–H groups in total. The average Bonchev–Trinajstić information content (AvgIpc) is 3.74. The average molecular weight is 561 g/mol. The maximum absolute atomic E-state index is 14.7. The minimum absolute atomic E-state index is 0.0168. The molecule has 0 unspecified atom stereocenters. The van der Waals surface area contributed by atoms with E-state index in [1.807, 2.05) is 0 Å². The van der Waals surface area contributed by atoms with Crippen molar-refractivity contribution in [2.24, 2.45) is 0 Å². The molecule has 1 heterocycles. The van der Waals surface area contributed by atoms with Crippen molar-refractivity contribution in [1.29, 1.82) is 0 Å². The summed E-state index contributed by atoms with van der Waals surface area (Å²) in [5.74, 6) is -0.174. The molecule has 1 aliphatic rings. The fourth-order valence-electron chi connectivity index (χ4n) is 3.57. The van der Waals surface area contributed by atoms with Gasteiger partial charge in [-0.3, -0.25) is 9.69 Å². The summed E-state index contributed by atoms with van der Waals surface area (Å²) in [5, 5.41) is 8.32. The topological polar surface area (TPSA) is 118 Å². The van der Waals surface area contributed by atoms with E-state index in [4.69, 9.17) is 32.7 Å². The van der Waals surface area contributed by atoms with E-state index in [9.17, 15) is 14.0 Å². The number of ether oxygens (including phenoxy) is 2. The summed E-state index contributed by atoms with van der Waals surface area (Å²) < 4.78 is 25.2. The van der Waals surface area contributed by atoms with Crippen LogP contribution in [0.5, 0.6) is 11.5 Å². The number of para-hydroxylation sites is 1. The van der Waals surface area contributed by atoms with E-state index in [-0.39, 0.29) is 56.3 Å². The molecule has 2 aromatic carbocycles. The van der Waals surface area contributed by atoms with Crippen LogP contribution in [0.2, 0.25) is 10.0 Å². The number of methoxy groups -OCH3 is 2. The first-order valence-electron chi connectivity index (χ1n) is 11.3. The molecule has 0 saturated heterocycles. The lowest BCUT2D eigenvalue weighted by Gasteiger charge is -2.24. The highest BCUT2D eigenvalue weighted by molar-refractivity contribution is 6.41. The Balaban J connectivity index is 1.64. The minimum atomic E-state index is -0.625. The first kappa shape index (κ1) is 27.0. The Morgan fingerprint density at radius 3 is 2.37 bits per heavy atom. The molecular formula is C25H23Cl2FN6O4. The number of aromatic nitrogens is 2. The van der Waals surface area contributed by atoms with Gasteiger partial charge in [0.2, 0.25) is 5.91 Å². The molecule has 0 aliphatic heterocycles. The summed E-state index contributed by atoms with van der Waals surface area (Å²) in [6, 6.07) is 6.50. The molecule has 0 spiro atoms. The molecule has 4 rings (SSSR count). The highest BCUT2D eigenvalue weighted by Crippen LogP contribution is 2.44. The van der Waals surface area contributed by atoms with E-state index in [2.05, 4.69) is 32.5 Å². The first-order chi connectivity index (χ1) is 18.3.